The van der Waals surface area contributed by atoms with E-state index in [0.29, 0.717) is 18.1 Å². The zero-order valence-corrected chi connectivity index (χ0v) is 12.0. The molecule has 106 valence electrons. The fraction of sp³-hybridized carbons (Fsp3) is 1.00. The van der Waals surface area contributed by atoms with Crippen molar-refractivity contribution in [1.29, 1.82) is 0 Å². The van der Waals surface area contributed by atoms with Crippen LogP contribution >= 0.6 is 0 Å². The quantitative estimate of drug-likeness (QED) is 0.837. The second-order valence-electron chi connectivity index (χ2n) is 6.13. The SMILES string of the molecule is CCC1COC(C)CN1CC(O)C1CCCCC1. The van der Waals surface area contributed by atoms with Crippen LogP contribution in [0.2, 0.25) is 0 Å². The molecule has 0 spiro atoms. The fourth-order valence-corrected chi connectivity index (χ4v) is 3.42. The summed E-state index contributed by atoms with van der Waals surface area (Å²) in [5.41, 5.74) is 0. The molecule has 1 heterocycles. The fourth-order valence-electron chi connectivity index (χ4n) is 3.42. The van der Waals surface area contributed by atoms with E-state index in [1.807, 2.05) is 0 Å². The molecule has 2 aliphatic rings. The molecule has 0 aromatic carbocycles. The van der Waals surface area contributed by atoms with Gasteiger partial charge in [0.15, 0.2) is 0 Å². The zero-order valence-electron chi connectivity index (χ0n) is 12.0. The van der Waals surface area contributed by atoms with Crippen LogP contribution in [0.5, 0.6) is 0 Å². The number of aliphatic hydroxyl groups is 1. The molecule has 0 bridgehead atoms. The van der Waals surface area contributed by atoms with Gasteiger partial charge >= 0.3 is 0 Å². The molecule has 18 heavy (non-hydrogen) atoms. The van der Waals surface area contributed by atoms with Crippen LogP contribution in [0.3, 0.4) is 0 Å². The lowest BCUT2D eigenvalue weighted by molar-refractivity contribution is -0.0748. The number of nitrogens with zero attached hydrogens (tertiary/aromatic N) is 1. The van der Waals surface area contributed by atoms with Gasteiger partial charge in [0.25, 0.3) is 0 Å². The lowest BCUT2D eigenvalue weighted by Crippen LogP contribution is -2.52. The molecule has 1 saturated carbocycles. The van der Waals surface area contributed by atoms with Gasteiger partial charge in [-0.3, -0.25) is 4.90 Å². The number of ether oxygens (including phenoxy) is 1. The van der Waals surface area contributed by atoms with Crippen LogP contribution in [0.4, 0.5) is 0 Å². The summed E-state index contributed by atoms with van der Waals surface area (Å²) >= 11 is 0. The van der Waals surface area contributed by atoms with Crippen molar-refractivity contribution in [2.45, 2.75) is 70.6 Å². The normalized spacial score (nSPS) is 33.5. The molecule has 3 atom stereocenters. The molecular formula is C15H29NO2. The Morgan fingerprint density at radius 2 is 2.00 bits per heavy atom. The summed E-state index contributed by atoms with van der Waals surface area (Å²) in [5, 5.41) is 10.4. The van der Waals surface area contributed by atoms with E-state index in [4.69, 9.17) is 4.74 Å². The Kier molecular flexibility index (Phi) is 5.46. The Morgan fingerprint density at radius 1 is 1.28 bits per heavy atom. The van der Waals surface area contributed by atoms with Crippen molar-refractivity contribution in [2.24, 2.45) is 5.92 Å². The maximum absolute atomic E-state index is 10.4. The van der Waals surface area contributed by atoms with E-state index in [0.717, 1.165) is 26.1 Å². The summed E-state index contributed by atoms with van der Waals surface area (Å²) in [6.45, 7) is 6.99. The first kappa shape index (κ1) is 14.3. The molecule has 1 aliphatic heterocycles. The van der Waals surface area contributed by atoms with Gasteiger partial charge in [-0.2, -0.15) is 0 Å². The van der Waals surface area contributed by atoms with Gasteiger partial charge in [-0.15, -0.1) is 0 Å². The van der Waals surface area contributed by atoms with E-state index in [1.54, 1.807) is 0 Å². The van der Waals surface area contributed by atoms with Crippen LogP contribution in [-0.2, 0) is 4.74 Å². The minimum absolute atomic E-state index is 0.135. The molecule has 1 N–H and O–H groups in total. The Bertz CT molecular complexity index is 241. The van der Waals surface area contributed by atoms with Gasteiger partial charge in [-0.1, -0.05) is 26.2 Å². The van der Waals surface area contributed by atoms with Crippen molar-refractivity contribution in [1.82, 2.24) is 4.90 Å². The van der Waals surface area contributed by atoms with Crippen molar-refractivity contribution in [3.63, 3.8) is 0 Å². The minimum Gasteiger partial charge on any atom is -0.392 e. The van der Waals surface area contributed by atoms with Crippen molar-refractivity contribution < 1.29 is 9.84 Å². The van der Waals surface area contributed by atoms with Crippen LogP contribution in [0, 0.1) is 5.92 Å². The van der Waals surface area contributed by atoms with E-state index in [9.17, 15) is 5.11 Å². The Balaban J connectivity index is 1.85. The highest BCUT2D eigenvalue weighted by molar-refractivity contribution is 4.82. The summed E-state index contributed by atoms with van der Waals surface area (Å²) in [6.07, 6.45) is 7.70. The Morgan fingerprint density at radius 3 is 2.67 bits per heavy atom. The molecule has 0 radical (unpaired) electrons. The third-order valence-corrected chi connectivity index (χ3v) is 4.67. The molecule has 3 unspecified atom stereocenters. The number of aliphatic hydroxyl groups excluding tert-OH is 1. The lowest BCUT2D eigenvalue weighted by atomic mass is 9.85. The topological polar surface area (TPSA) is 32.7 Å². The first-order valence-electron chi connectivity index (χ1n) is 7.74. The second kappa shape index (κ2) is 6.88. The lowest BCUT2D eigenvalue weighted by Gasteiger charge is -2.40. The average molecular weight is 255 g/mol. The molecule has 3 heteroatoms. The van der Waals surface area contributed by atoms with E-state index in [2.05, 4.69) is 18.7 Å². The van der Waals surface area contributed by atoms with Crippen molar-refractivity contribution in [3.8, 4) is 0 Å². The van der Waals surface area contributed by atoms with E-state index in [1.165, 1.54) is 32.1 Å². The highest BCUT2D eigenvalue weighted by Gasteiger charge is 2.30. The molecule has 1 saturated heterocycles. The van der Waals surface area contributed by atoms with Crippen LogP contribution in [-0.4, -0.2) is 48.0 Å². The maximum Gasteiger partial charge on any atom is 0.0695 e. The van der Waals surface area contributed by atoms with Gasteiger partial charge in [0, 0.05) is 19.1 Å². The predicted octanol–water partition coefficient (Wildman–Crippen LogP) is 2.43. The molecule has 0 aromatic heterocycles. The Labute approximate surface area is 112 Å². The van der Waals surface area contributed by atoms with E-state index in [-0.39, 0.29) is 6.10 Å². The van der Waals surface area contributed by atoms with Gasteiger partial charge in [0.2, 0.25) is 0 Å². The standard InChI is InChI=1S/C15H29NO2/c1-3-14-11-18-12(2)9-16(14)10-15(17)13-7-5-4-6-8-13/h12-15,17H,3-11H2,1-2H3. The predicted molar refractivity (Wildman–Crippen MR) is 73.6 cm³/mol. The van der Waals surface area contributed by atoms with Gasteiger partial charge < -0.3 is 9.84 Å². The second-order valence-corrected chi connectivity index (χ2v) is 6.13. The summed E-state index contributed by atoms with van der Waals surface area (Å²) in [4.78, 5) is 2.45. The zero-order chi connectivity index (χ0) is 13.0. The van der Waals surface area contributed by atoms with Crippen LogP contribution in [0.25, 0.3) is 0 Å². The summed E-state index contributed by atoms with van der Waals surface area (Å²) < 4.78 is 5.72. The molecule has 2 fully saturated rings. The first-order valence-corrected chi connectivity index (χ1v) is 7.74. The van der Waals surface area contributed by atoms with Gasteiger partial charge in [-0.25, -0.2) is 0 Å². The van der Waals surface area contributed by atoms with Crippen LogP contribution in [0.1, 0.15) is 52.4 Å². The van der Waals surface area contributed by atoms with Crippen LogP contribution in [0.15, 0.2) is 0 Å². The van der Waals surface area contributed by atoms with Crippen LogP contribution < -0.4 is 0 Å². The van der Waals surface area contributed by atoms with Gasteiger partial charge in [0.1, 0.15) is 0 Å². The number of rotatable bonds is 4. The number of hydrogen-bond donors (Lipinski definition) is 1. The number of hydrogen-bond acceptors (Lipinski definition) is 3. The van der Waals surface area contributed by atoms with Crippen molar-refractivity contribution in [3.05, 3.63) is 0 Å². The maximum atomic E-state index is 10.4. The minimum atomic E-state index is -0.135. The molecule has 2 rings (SSSR count). The summed E-state index contributed by atoms with van der Waals surface area (Å²) in [7, 11) is 0. The molecule has 3 nitrogen and oxygen atoms in total. The highest BCUT2D eigenvalue weighted by atomic mass is 16.5. The van der Waals surface area contributed by atoms with E-state index >= 15 is 0 Å². The first-order chi connectivity index (χ1) is 8.70. The highest BCUT2D eigenvalue weighted by Crippen LogP contribution is 2.27. The Hall–Kier alpha value is -0.120. The molecule has 0 amide bonds. The largest absolute Gasteiger partial charge is 0.392 e. The third kappa shape index (κ3) is 3.69. The molecule has 1 aliphatic carbocycles. The number of morpholine rings is 1. The molecular weight excluding hydrogens is 226 g/mol. The van der Waals surface area contributed by atoms with Gasteiger partial charge in [-0.05, 0) is 32.1 Å². The van der Waals surface area contributed by atoms with Gasteiger partial charge in [0.05, 0.1) is 18.8 Å². The smallest absolute Gasteiger partial charge is 0.0695 e. The summed E-state index contributed by atoms with van der Waals surface area (Å²) in [5.74, 6) is 0.536. The molecule has 0 aromatic rings. The number of β-amino-alcohol motifs (C(OH)–C–C–N with tert-alkyl or cyclic N) is 1. The van der Waals surface area contributed by atoms with E-state index < -0.39 is 0 Å². The van der Waals surface area contributed by atoms with Crippen molar-refractivity contribution >= 4 is 0 Å². The summed E-state index contributed by atoms with van der Waals surface area (Å²) in [6, 6.07) is 0.499. The third-order valence-electron chi connectivity index (χ3n) is 4.67. The van der Waals surface area contributed by atoms with Crippen molar-refractivity contribution in [2.75, 3.05) is 19.7 Å². The average Bonchev–Trinajstić information content (AvgIpc) is 2.40. The monoisotopic (exact) mass is 255 g/mol.